The second-order valence-corrected chi connectivity index (χ2v) is 4.45. The Hall–Kier alpha value is -1.02. The van der Waals surface area contributed by atoms with Crippen LogP contribution < -0.4 is 11.1 Å². The quantitative estimate of drug-likeness (QED) is 0.550. The first kappa shape index (κ1) is 10.5. The maximum absolute atomic E-state index is 5.87. The number of hydrogen-bond acceptors (Lipinski definition) is 2. The number of aryl methyl sites for hydroxylation is 1. The third-order valence-corrected chi connectivity index (χ3v) is 2.98. The monoisotopic (exact) mass is 204 g/mol. The number of nitrogens with two attached hydrogens (primary N) is 1. The lowest BCUT2D eigenvalue weighted by molar-refractivity contribution is 0.613. The van der Waals surface area contributed by atoms with E-state index in [4.69, 9.17) is 5.73 Å². The van der Waals surface area contributed by atoms with Crippen molar-refractivity contribution in [1.29, 1.82) is 0 Å². The molecule has 2 rings (SSSR count). The molecule has 1 saturated carbocycles. The molecule has 0 bridgehead atoms. The van der Waals surface area contributed by atoms with E-state index in [2.05, 4.69) is 17.4 Å². The molecule has 0 spiro atoms. The Morgan fingerprint density at radius 3 is 2.80 bits per heavy atom. The van der Waals surface area contributed by atoms with Crippen molar-refractivity contribution in [3.8, 4) is 0 Å². The van der Waals surface area contributed by atoms with Gasteiger partial charge in [-0.1, -0.05) is 18.2 Å². The van der Waals surface area contributed by atoms with Crippen molar-refractivity contribution in [2.75, 3.05) is 18.8 Å². The van der Waals surface area contributed by atoms with Crippen LogP contribution in [-0.2, 0) is 6.42 Å². The third kappa shape index (κ3) is 3.56. The molecule has 1 aliphatic rings. The van der Waals surface area contributed by atoms with Gasteiger partial charge in [-0.05, 0) is 56.3 Å². The van der Waals surface area contributed by atoms with Crippen molar-refractivity contribution in [2.45, 2.75) is 25.7 Å². The van der Waals surface area contributed by atoms with Gasteiger partial charge in [0.1, 0.15) is 0 Å². The van der Waals surface area contributed by atoms with Crippen LogP contribution in [0.4, 0.5) is 5.69 Å². The average Bonchev–Trinajstić information content (AvgIpc) is 3.04. The molecule has 3 N–H and O–H groups in total. The number of rotatable bonds is 6. The Kier molecular flexibility index (Phi) is 3.62. The normalized spacial score (nSPS) is 15.5. The van der Waals surface area contributed by atoms with Crippen LogP contribution in [-0.4, -0.2) is 13.1 Å². The molecular formula is C13H20N2. The fourth-order valence-electron chi connectivity index (χ4n) is 1.79. The topological polar surface area (TPSA) is 38.0 Å². The Balaban J connectivity index is 1.62. The second-order valence-electron chi connectivity index (χ2n) is 4.45. The van der Waals surface area contributed by atoms with E-state index in [1.54, 1.807) is 0 Å². The summed E-state index contributed by atoms with van der Waals surface area (Å²) in [5.74, 6) is 0.979. The number of nitrogens with one attached hydrogen (secondary N) is 1. The van der Waals surface area contributed by atoms with Crippen molar-refractivity contribution < 1.29 is 0 Å². The van der Waals surface area contributed by atoms with E-state index in [1.807, 2.05) is 12.1 Å². The summed E-state index contributed by atoms with van der Waals surface area (Å²) in [4.78, 5) is 0. The van der Waals surface area contributed by atoms with E-state index in [-0.39, 0.29) is 0 Å². The van der Waals surface area contributed by atoms with Gasteiger partial charge in [0.2, 0.25) is 0 Å². The number of nitrogen functional groups attached to an aromatic ring is 1. The molecule has 2 nitrogen and oxygen atoms in total. The zero-order valence-corrected chi connectivity index (χ0v) is 9.21. The molecule has 1 aromatic rings. The van der Waals surface area contributed by atoms with Gasteiger partial charge in [0.15, 0.2) is 0 Å². The van der Waals surface area contributed by atoms with Crippen LogP contribution >= 0.6 is 0 Å². The van der Waals surface area contributed by atoms with Crippen molar-refractivity contribution in [1.82, 2.24) is 5.32 Å². The Bertz CT molecular complexity index is 305. The first-order chi connectivity index (χ1) is 7.36. The van der Waals surface area contributed by atoms with Crippen LogP contribution in [0.2, 0.25) is 0 Å². The fourth-order valence-corrected chi connectivity index (χ4v) is 1.79. The molecule has 0 aromatic heterocycles. The zero-order chi connectivity index (χ0) is 10.5. The SMILES string of the molecule is Nc1ccccc1CCCNCC1CC1. The second kappa shape index (κ2) is 5.17. The van der Waals surface area contributed by atoms with Gasteiger partial charge in [0, 0.05) is 5.69 Å². The van der Waals surface area contributed by atoms with Gasteiger partial charge >= 0.3 is 0 Å². The van der Waals surface area contributed by atoms with E-state index >= 15 is 0 Å². The van der Waals surface area contributed by atoms with E-state index < -0.39 is 0 Å². The molecule has 2 heteroatoms. The van der Waals surface area contributed by atoms with Crippen molar-refractivity contribution in [3.63, 3.8) is 0 Å². The molecule has 0 amide bonds. The fraction of sp³-hybridized carbons (Fsp3) is 0.538. The van der Waals surface area contributed by atoms with Crippen LogP contribution in [0.15, 0.2) is 24.3 Å². The molecule has 1 aliphatic carbocycles. The number of para-hydroxylation sites is 1. The lowest BCUT2D eigenvalue weighted by Crippen LogP contribution is -2.18. The molecule has 0 radical (unpaired) electrons. The Labute approximate surface area is 91.9 Å². The third-order valence-electron chi connectivity index (χ3n) is 2.98. The largest absolute Gasteiger partial charge is 0.399 e. The molecule has 0 heterocycles. The summed E-state index contributed by atoms with van der Waals surface area (Å²) >= 11 is 0. The Morgan fingerprint density at radius 2 is 2.07 bits per heavy atom. The summed E-state index contributed by atoms with van der Waals surface area (Å²) in [5.41, 5.74) is 8.09. The lowest BCUT2D eigenvalue weighted by Gasteiger charge is -2.06. The van der Waals surface area contributed by atoms with Gasteiger partial charge in [-0.15, -0.1) is 0 Å². The number of benzene rings is 1. The molecule has 0 aliphatic heterocycles. The van der Waals surface area contributed by atoms with Crippen LogP contribution in [0, 0.1) is 5.92 Å². The lowest BCUT2D eigenvalue weighted by atomic mass is 10.1. The molecule has 15 heavy (non-hydrogen) atoms. The zero-order valence-electron chi connectivity index (χ0n) is 9.21. The molecule has 0 atom stereocenters. The minimum absolute atomic E-state index is 0.930. The summed E-state index contributed by atoms with van der Waals surface area (Å²) in [6, 6.07) is 8.15. The highest BCUT2D eigenvalue weighted by Crippen LogP contribution is 2.27. The highest BCUT2D eigenvalue weighted by atomic mass is 14.9. The smallest absolute Gasteiger partial charge is 0.0346 e. The summed E-state index contributed by atoms with van der Waals surface area (Å²) < 4.78 is 0. The highest BCUT2D eigenvalue weighted by molar-refractivity contribution is 5.46. The summed E-state index contributed by atoms with van der Waals surface area (Å²) in [6.07, 6.45) is 5.13. The van der Waals surface area contributed by atoms with Crippen LogP contribution in [0.3, 0.4) is 0 Å². The van der Waals surface area contributed by atoms with Gasteiger partial charge < -0.3 is 11.1 Å². The van der Waals surface area contributed by atoms with Crippen molar-refractivity contribution >= 4 is 5.69 Å². The van der Waals surface area contributed by atoms with E-state index in [1.165, 1.54) is 31.4 Å². The Morgan fingerprint density at radius 1 is 1.27 bits per heavy atom. The van der Waals surface area contributed by atoms with Gasteiger partial charge in [0.05, 0.1) is 0 Å². The summed E-state index contributed by atoms with van der Waals surface area (Å²) in [5, 5.41) is 3.50. The summed E-state index contributed by atoms with van der Waals surface area (Å²) in [7, 11) is 0. The van der Waals surface area contributed by atoms with Crippen molar-refractivity contribution in [2.24, 2.45) is 5.92 Å². The first-order valence-electron chi connectivity index (χ1n) is 5.90. The first-order valence-corrected chi connectivity index (χ1v) is 5.90. The van der Waals surface area contributed by atoms with Crippen molar-refractivity contribution in [3.05, 3.63) is 29.8 Å². The van der Waals surface area contributed by atoms with Crippen LogP contribution in [0.25, 0.3) is 0 Å². The molecule has 1 aromatic carbocycles. The van der Waals surface area contributed by atoms with Gasteiger partial charge in [-0.2, -0.15) is 0 Å². The molecule has 0 saturated heterocycles. The minimum atomic E-state index is 0.930. The van der Waals surface area contributed by atoms with Crippen LogP contribution in [0.5, 0.6) is 0 Å². The predicted octanol–water partition coefficient (Wildman–Crippen LogP) is 2.20. The van der Waals surface area contributed by atoms with E-state index in [0.717, 1.165) is 24.6 Å². The maximum atomic E-state index is 5.87. The van der Waals surface area contributed by atoms with Gasteiger partial charge in [-0.3, -0.25) is 0 Å². The number of anilines is 1. The van der Waals surface area contributed by atoms with Gasteiger partial charge in [0.25, 0.3) is 0 Å². The summed E-state index contributed by atoms with van der Waals surface area (Å²) in [6.45, 7) is 2.33. The standard InChI is InChI=1S/C13H20N2/c14-13-6-2-1-4-12(13)5-3-9-15-10-11-7-8-11/h1-2,4,6,11,15H,3,5,7-10,14H2. The highest BCUT2D eigenvalue weighted by Gasteiger charge is 2.19. The molecular weight excluding hydrogens is 184 g/mol. The molecule has 0 unspecified atom stereocenters. The van der Waals surface area contributed by atoms with Gasteiger partial charge in [-0.25, -0.2) is 0 Å². The predicted molar refractivity (Wildman–Crippen MR) is 64.8 cm³/mol. The number of hydrogen-bond donors (Lipinski definition) is 2. The molecule has 1 fully saturated rings. The average molecular weight is 204 g/mol. The van der Waals surface area contributed by atoms with E-state index in [0.29, 0.717) is 0 Å². The minimum Gasteiger partial charge on any atom is -0.399 e. The molecule has 82 valence electrons. The maximum Gasteiger partial charge on any atom is 0.0346 e. The van der Waals surface area contributed by atoms with Crippen LogP contribution in [0.1, 0.15) is 24.8 Å². The van der Waals surface area contributed by atoms with E-state index in [9.17, 15) is 0 Å².